The number of hydrogen-bond donors (Lipinski definition) is 0. The summed E-state index contributed by atoms with van der Waals surface area (Å²) in [5.41, 5.74) is 5.68. The molecule has 0 spiro atoms. The van der Waals surface area contributed by atoms with Crippen LogP contribution in [-0.2, 0) is 43.6 Å². The van der Waals surface area contributed by atoms with Crippen molar-refractivity contribution in [2.24, 2.45) is 0 Å². The monoisotopic (exact) mass is 782 g/mol. The van der Waals surface area contributed by atoms with Gasteiger partial charge >= 0.3 is 0 Å². The fraction of sp³-hybridized carbons (Fsp3) is 0.467. The van der Waals surface area contributed by atoms with Crippen LogP contribution >= 0.6 is 0 Å². The molecule has 4 fully saturated rings. The van der Waals surface area contributed by atoms with E-state index in [-0.39, 0.29) is 12.2 Å². The first kappa shape index (κ1) is 38.3. The van der Waals surface area contributed by atoms with Crippen LogP contribution in [-0.4, -0.2) is 104 Å². The van der Waals surface area contributed by atoms with E-state index in [1.807, 2.05) is 18.2 Å². The third-order valence-electron chi connectivity index (χ3n) is 10.7. The zero-order chi connectivity index (χ0) is 38.3. The van der Waals surface area contributed by atoms with Crippen LogP contribution in [0.2, 0.25) is 0 Å². The van der Waals surface area contributed by atoms with Crippen molar-refractivity contribution >= 4 is 0 Å². The van der Waals surface area contributed by atoms with Crippen LogP contribution in [0.15, 0.2) is 84.9 Å². The molecule has 0 aromatic heterocycles. The highest BCUT2D eigenvalue weighted by Gasteiger charge is 2.47. The molecule has 4 saturated heterocycles. The fourth-order valence-corrected chi connectivity index (χ4v) is 7.47. The lowest BCUT2D eigenvalue weighted by atomic mass is 9.67. The molecule has 9 rings (SSSR count). The van der Waals surface area contributed by atoms with Crippen LogP contribution in [0.4, 0.5) is 0 Å². The smallest absolute Gasteiger partial charge is 0.211 e. The van der Waals surface area contributed by atoms with Crippen LogP contribution in [0.25, 0.3) is 11.1 Å². The molecule has 12 heteroatoms. The standard InChI is InChI=1S/C45H50O12/c1-3-11-39-37(9-1)38-10-2-4-12-40(38)45(39,31-13-15-41(48-21-19-46-25-35-29-52-35)43(23-31)49-22-20-47-26-36-30-53-36)32-14-16-42(56-54-17-5-7-33-27-50-33)44(24-32)57-55-18-6-8-34-28-51-34/h1-4,9-16,23-24,33-36H,5-8,17-22,25-30H2. The zero-order valence-electron chi connectivity index (χ0n) is 32.1. The molecule has 4 atom stereocenters. The number of hydrogen-bond acceptors (Lipinski definition) is 12. The summed E-state index contributed by atoms with van der Waals surface area (Å²) in [6.07, 6.45) is 4.51. The van der Waals surface area contributed by atoms with Crippen molar-refractivity contribution in [2.75, 3.05) is 79.3 Å². The van der Waals surface area contributed by atoms with Gasteiger partial charge in [-0.15, -0.1) is 0 Å². The van der Waals surface area contributed by atoms with Gasteiger partial charge in [-0.1, -0.05) is 60.7 Å². The molecule has 4 unspecified atom stereocenters. The highest BCUT2D eigenvalue weighted by atomic mass is 17.2. The van der Waals surface area contributed by atoms with Gasteiger partial charge in [0.2, 0.25) is 11.5 Å². The highest BCUT2D eigenvalue weighted by Crippen LogP contribution is 2.57. The van der Waals surface area contributed by atoms with Crippen molar-refractivity contribution in [3.8, 4) is 34.1 Å². The lowest BCUT2D eigenvalue weighted by Crippen LogP contribution is -2.29. The SMILES string of the molecule is c1ccc2c(c1)-c1ccccc1C2(c1ccc(OCCOCC2CO2)c(OCCOCC2CO2)c1)c1ccc(OOCCCC2CO2)c(OOCCCC2CO2)c1. The quantitative estimate of drug-likeness (QED) is 0.0259. The molecule has 0 N–H and O–H groups in total. The maximum Gasteiger partial charge on any atom is 0.211 e. The van der Waals surface area contributed by atoms with Crippen LogP contribution in [0.3, 0.4) is 0 Å². The van der Waals surface area contributed by atoms with E-state index in [2.05, 4.69) is 66.7 Å². The first-order valence-corrected chi connectivity index (χ1v) is 20.2. The van der Waals surface area contributed by atoms with E-state index < -0.39 is 5.41 Å². The number of ether oxygens (including phenoxy) is 8. The van der Waals surface area contributed by atoms with Gasteiger partial charge in [-0.2, -0.15) is 9.78 Å². The van der Waals surface area contributed by atoms with Crippen molar-refractivity contribution in [1.29, 1.82) is 0 Å². The molecular weight excluding hydrogens is 732 g/mol. The van der Waals surface area contributed by atoms with Crippen molar-refractivity contribution in [3.05, 3.63) is 107 Å². The summed E-state index contributed by atoms with van der Waals surface area (Å²) in [5.74, 6) is 2.05. The van der Waals surface area contributed by atoms with Crippen LogP contribution in [0, 0.1) is 0 Å². The average molecular weight is 783 g/mol. The van der Waals surface area contributed by atoms with Crippen molar-refractivity contribution < 1.29 is 57.4 Å². The predicted molar refractivity (Wildman–Crippen MR) is 207 cm³/mol. The Labute approximate surface area is 332 Å². The van der Waals surface area contributed by atoms with Gasteiger partial charge in [-0.25, -0.2) is 0 Å². The molecule has 12 nitrogen and oxygen atoms in total. The molecule has 302 valence electrons. The van der Waals surface area contributed by atoms with Crippen molar-refractivity contribution in [3.63, 3.8) is 0 Å². The average Bonchev–Trinajstić information content (AvgIpc) is 4.02. The minimum Gasteiger partial charge on any atom is -0.487 e. The Kier molecular flexibility index (Phi) is 12.2. The molecule has 4 aliphatic heterocycles. The third-order valence-corrected chi connectivity index (χ3v) is 10.7. The second-order valence-electron chi connectivity index (χ2n) is 14.9. The summed E-state index contributed by atoms with van der Waals surface area (Å²) in [7, 11) is 0. The van der Waals surface area contributed by atoms with E-state index in [0.717, 1.165) is 85.5 Å². The minimum absolute atomic E-state index is 0.179. The Morgan fingerprint density at radius 2 is 0.947 bits per heavy atom. The van der Waals surface area contributed by atoms with E-state index in [0.29, 0.717) is 88.1 Å². The van der Waals surface area contributed by atoms with E-state index in [9.17, 15) is 0 Å². The molecule has 4 aromatic carbocycles. The van der Waals surface area contributed by atoms with Crippen LogP contribution in [0.1, 0.15) is 47.9 Å². The first-order chi connectivity index (χ1) is 28.3. The second kappa shape index (κ2) is 18.1. The molecular formula is C45H50O12. The molecule has 4 aromatic rings. The summed E-state index contributed by atoms with van der Waals surface area (Å²) in [5, 5.41) is 0. The van der Waals surface area contributed by atoms with Gasteiger partial charge in [0, 0.05) is 0 Å². The molecule has 57 heavy (non-hydrogen) atoms. The number of rotatable bonds is 26. The van der Waals surface area contributed by atoms with E-state index in [1.165, 1.54) is 0 Å². The Bertz CT molecular complexity index is 1800. The first-order valence-electron chi connectivity index (χ1n) is 20.2. The summed E-state index contributed by atoms with van der Waals surface area (Å²) >= 11 is 0. The normalized spacial score (nSPS) is 21.7. The van der Waals surface area contributed by atoms with Gasteiger partial charge < -0.3 is 47.7 Å². The Morgan fingerprint density at radius 3 is 1.49 bits per heavy atom. The minimum atomic E-state index is -0.790. The molecule has 0 radical (unpaired) electrons. The lowest BCUT2D eigenvalue weighted by molar-refractivity contribution is -0.229. The van der Waals surface area contributed by atoms with Gasteiger partial charge in [0.05, 0.1) is 83.7 Å². The summed E-state index contributed by atoms with van der Waals surface area (Å²) in [4.78, 5) is 23.5. The molecule has 0 bridgehead atoms. The van der Waals surface area contributed by atoms with Crippen LogP contribution in [0.5, 0.6) is 23.0 Å². The van der Waals surface area contributed by atoms with Crippen molar-refractivity contribution in [1.82, 2.24) is 0 Å². The maximum atomic E-state index is 6.47. The summed E-state index contributed by atoms with van der Waals surface area (Å²) in [6.45, 7) is 6.61. The zero-order valence-corrected chi connectivity index (χ0v) is 32.1. The summed E-state index contributed by atoms with van der Waals surface area (Å²) < 4.78 is 45.7. The van der Waals surface area contributed by atoms with E-state index in [1.54, 1.807) is 0 Å². The molecule has 0 saturated carbocycles. The Morgan fingerprint density at radius 1 is 0.474 bits per heavy atom. The second-order valence-corrected chi connectivity index (χ2v) is 14.9. The lowest BCUT2D eigenvalue weighted by Gasteiger charge is -2.34. The van der Waals surface area contributed by atoms with Crippen LogP contribution < -0.4 is 19.2 Å². The Hall–Kier alpha value is -4.24. The number of fused-ring (bicyclic) bond motifs is 3. The third kappa shape index (κ3) is 9.56. The van der Waals surface area contributed by atoms with Gasteiger partial charge in [0.15, 0.2) is 11.5 Å². The predicted octanol–water partition coefficient (Wildman–Crippen LogP) is 6.62. The highest BCUT2D eigenvalue weighted by molar-refractivity contribution is 5.86. The Balaban J connectivity index is 1.05. The molecule has 1 aliphatic carbocycles. The van der Waals surface area contributed by atoms with Gasteiger partial charge in [-0.05, 0) is 83.3 Å². The summed E-state index contributed by atoms with van der Waals surface area (Å²) in [6, 6.07) is 29.3. The fourth-order valence-electron chi connectivity index (χ4n) is 7.47. The number of benzene rings is 4. The molecule has 0 amide bonds. The van der Waals surface area contributed by atoms with Gasteiger partial charge in [0.25, 0.3) is 0 Å². The molecule has 4 heterocycles. The van der Waals surface area contributed by atoms with Crippen molar-refractivity contribution in [2.45, 2.75) is 55.5 Å². The van der Waals surface area contributed by atoms with Gasteiger partial charge in [0.1, 0.15) is 25.4 Å². The van der Waals surface area contributed by atoms with Gasteiger partial charge in [-0.3, -0.25) is 0 Å². The molecule has 5 aliphatic rings. The number of epoxide rings is 4. The van der Waals surface area contributed by atoms with E-state index >= 15 is 0 Å². The van der Waals surface area contributed by atoms with E-state index in [4.69, 9.17) is 57.4 Å². The topological polar surface area (TPSA) is 124 Å². The largest absolute Gasteiger partial charge is 0.487 e. The maximum absolute atomic E-state index is 6.47.